The number of carbonyl (C=O) groups is 1. The predicted molar refractivity (Wildman–Crippen MR) is 76.8 cm³/mol. The molecule has 0 radical (unpaired) electrons. The lowest BCUT2D eigenvalue weighted by molar-refractivity contribution is -0.138. The molecule has 1 aliphatic heterocycles. The summed E-state index contributed by atoms with van der Waals surface area (Å²) in [5.41, 5.74) is 1.65. The Bertz CT molecular complexity index is 517. The van der Waals surface area contributed by atoms with Crippen molar-refractivity contribution in [1.29, 1.82) is 0 Å². The molecule has 0 saturated carbocycles. The van der Waals surface area contributed by atoms with Crippen LogP contribution in [0.1, 0.15) is 51.2 Å². The Kier molecular flexibility index (Phi) is 3.93. The van der Waals surface area contributed by atoms with Gasteiger partial charge in [0.25, 0.3) is 0 Å². The lowest BCUT2D eigenvalue weighted by atomic mass is 9.76. The number of ether oxygens (including phenoxy) is 2. The van der Waals surface area contributed by atoms with Gasteiger partial charge in [-0.05, 0) is 17.5 Å². The Morgan fingerprint density at radius 3 is 2.55 bits per heavy atom. The third-order valence-corrected chi connectivity index (χ3v) is 3.65. The molecule has 4 nitrogen and oxygen atoms in total. The number of benzene rings is 1. The van der Waals surface area contributed by atoms with Crippen molar-refractivity contribution in [2.75, 3.05) is 13.2 Å². The van der Waals surface area contributed by atoms with Crippen molar-refractivity contribution in [3.8, 4) is 11.5 Å². The zero-order chi connectivity index (χ0) is 14.9. The summed E-state index contributed by atoms with van der Waals surface area (Å²) in [5, 5.41) is 9.12. The Balaban J connectivity index is 2.55. The second-order valence-electron chi connectivity index (χ2n) is 6.16. The molecule has 0 atom stereocenters. The molecule has 0 aromatic heterocycles. The minimum atomic E-state index is -0.792. The molecule has 1 aromatic carbocycles. The van der Waals surface area contributed by atoms with Crippen LogP contribution in [0.25, 0.3) is 0 Å². The Morgan fingerprint density at radius 1 is 1.30 bits per heavy atom. The predicted octanol–water partition coefficient (Wildman–Crippen LogP) is 3.33. The molecule has 110 valence electrons. The highest BCUT2D eigenvalue weighted by atomic mass is 16.6. The van der Waals surface area contributed by atoms with Gasteiger partial charge in [0.1, 0.15) is 13.2 Å². The molecule has 2 rings (SSSR count). The highest BCUT2D eigenvalue weighted by Crippen LogP contribution is 2.44. The van der Waals surface area contributed by atoms with Crippen LogP contribution in [0, 0.1) is 0 Å². The van der Waals surface area contributed by atoms with Crippen molar-refractivity contribution in [3.05, 3.63) is 23.3 Å². The van der Waals surface area contributed by atoms with Gasteiger partial charge >= 0.3 is 5.97 Å². The van der Waals surface area contributed by atoms with Crippen molar-refractivity contribution in [2.45, 2.75) is 45.4 Å². The number of carboxylic acids is 1. The fourth-order valence-corrected chi connectivity index (χ4v) is 2.77. The number of fused-ring (bicyclic) bond motifs is 1. The number of hydrogen-bond donors (Lipinski definition) is 1. The van der Waals surface area contributed by atoms with Gasteiger partial charge in [0.05, 0.1) is 6.42 Å². The minimum Gasteiger partial charge on any atom is -0.486 e. The van der Waals surface area contributed by atoms with Crippen LogP contribution in [0.5, 0.6) is 11.5 Å². The van der Waals surface area contributed by atoms with Crippen LogP contribution in [-0.4, -0.2) is 24.3 Å². The Hall–Kier alpha value is -1.71. The molecular formula is C16H22O4. The maximum Gasteiger partial charge on any atom is 0.304 e. The molecule has 0 amide bonds. The van der Waals surface area contributed by atoms with E-state index in [1.54, 1.807) is 0 Å². The number of rotatable bonds is 4. The highest BCUT2D eigenvalue weighted by Gasteiger charge is 2.31. The SMILES string of the molecule is CC(C)c1c(C(C)(C)CC(=O)O)ccc2c1OCCO2. The van der Waals surface area contributed by atoms with E-state index >= 15 is 0 Å². The van der Waals surface area contributed by atoms with Gasteiger partial charge in [0, 0.05) is 11.0 Å². The molecule has 0 spiro atoms. The molecule has 0 fully saturated rings. The molecule has 0 saturated heterocycles. The van der Waals surface area contributed by atoms with E-state index < -0.39 is 11.4 Å². The van der Waals surface area contributed by atoms with Crippen molar-refractivity contribution in [1.82, 2.24) is 0 Å². The largest absolute Gasteiger partial charge is 0.486 e. The number of carboxylic acid groups (broad SMARTS) is 1. The van der Waals surface area contributed by atoms with Gasteiger partial charge in [-0.2, -0.15) is 0 Å². The normalized spacial score (nSPS) is 14.4. The van der Waals surface area contributed by atoms with E-state index in [0.29, 0.717) is 13.2 Å². The fourth-order valence-electron chi connectivity index (χ4n) is 2.77. The van der Waals surface area contributed by atoms with E-state index in [1.807, 2.05) is 26.0 Å². The first-order valence-electron chi connectivity index (χ1n) is 6.97. The number of hydrogen-bond acceptors (Lipinski definition) is 3. The third kappa shape index (κ3) is 2.74. The van der Waals surface area contributed by atoms with E-state index in [-0.39, 0.29) is 12.3 Å². The molecule has 0 unspecified atom stereocenters. The second kappa shape index (κ2) is 5.35. The summed E-state index contributed by atoms with van der Waals surface area (Å²) in [6.45, 7) is 9.19. The summed E-state index contributed by atoms with van der Waals surface area (Å²) in [4.78, 5) is 11.1. The topological polar surface area (TPSA) is 55.8 Å². The molecule has 1 aromatic rings. The van der Waals surface area contributed by atoms with E-state index in [2.05, 4.69) is 13.8 Å². The maximum atomic E-state index is 11.1. The van der Waals surface area contributed by atoms with Crippen LogP contribution < -0.4 is 9.47 Å². The first-order chi connectivity index (χ1) is 9.33. The molecule has 1 aliphatic rings. The molecule has 4 heteroatoms. The van der Waals surface area contributed by atoms with Gasteiger partial charge < -0.3 is 14.6 Å². The first kappa shape index (κ1) is 14.7. The smallest absolute Gasteiger partial charge is 0.304 e. The van der Waals surface area contributed by atoms with Crippen molar-refractivity contribution < 1.29 is 19.4 Å². The van der Waals surface area contributed by atoms with Crippen LogP contribution in [0.15, 0.2) is 12.1 Å². The molecule has 0 bridgehead atoms. The van der Waals surface area contributed by atoms with Crippen LogP contribution in [0.2, 0.25) is 0 Å². The average molecular weight is 278 g/mol. The quantitative estimate of drug-likeness (QED) is 0.917. The zero-order valence-electron chi connectivity index (χ0n) is 12.5. The zero-order valence-corrected chi connectivity index (χ0v) is 12.5. The van der Waals surface area contributed by atoms with Gasteiger partial charge in [0.15, 0.2) is 11.5 Å². The van der Waals surface area contributed by atoms with E-state index in [9.17, 15) is 4.79 Å². The summed E-state index contributed by atoms with van der Waals surface area (Å²) in [6.07, 6.45) is 0.0896. The standard InChI is InChI=1S/C16H22O4/c1-10(2)14-11(16(3,4)9-13(17)18)5-6-12-15(14)20-8-7-19-12/h5-6,10H,7-9H2,1-4H3,(H,17,18). The summed E-state index contributed by atoms with van der Waals surface area (Å²) in [5.74, 6) is 0.992. The van der Waals surface area contributed by atoms with Crippen molar-refractivity contribution >= 4 is 5.97 Å². The first-order valence-corrected chi connectivity index (χ1v) is 6.97. The number of aliphatic carboxylic acids is 1. The lowest BCUT2D eigenvalue weighted by Gasteiger charge is -2.31. The second-order valence-corrected chi connectivity index (χ2v) is 6.16. The van der Waals surface area contributed by atoms with Crippen LogP contribution in [0.4, 0.5) is 0 Å². The fraction of sp³-hybridized carbons (Fsp3) is 0.562. The van der Waals surface area contributed by atoms with E-state index in [0.717, 1.165) is 22.6 Å². The van der Waals surface area contributed by atoms with Gasteiger partial charge in [-0.25, -0.2) is 0 Å². The summed E-state index contributed by atoms with van der Waals surface area (Å²) in [6, 6.07) is 3.87. The third-order valence-electron chi connectivity index (χ3n) is 3.65. The van der Waals surface area contributed by atoms with Gasteiger partial charge in [-0.1, -0.05) is 33.8 Å². The molecule has 20 heavy (non-hydrogen) atoms. The molecular weight excluding hydrogens is 256 g/mol. The highest BCUT2D eigenvalue weighted by molar-refractivity contribution is 5.69. The maximum absolute atomic E-state index is 11.1. The van der Waals surface area contributed by atoms with Gasteiger partial charge in [-0.15, -0.1) is 0 Å². The summed E-state index contributed by atoms with van der Waals surface area (Å²) < 4.78 is 11.4. The average Bonchev–Trinajstić information content (AvgIpc) is 2.35. The molecule has 1 heterocycles. The Morgan fingerprint density at radius 2 is 1.95 bits per heavy atom. The minimum absolute atomic E-state index is 0.0896. The van der Waals surface area contributed by atoms with Gasteiger partial charge in [-0.3, -0.25) is 4.79 Å². The molecule has 1 N–H and O–H groups in total. The summed E-state index contributed by atoms with van der Waals surface area (Å²) in [7, 11) is 0. The lowest BCUT2D eigenvalue weighted by Crippen LogP contribution is -2.25. The van der Waals surface area contributed by atoms with Crippen LogP contribution >= 0.6 is 0 Å². The van der Waals surface area contributed by atoms with Crippen LogP contribution in [0.3, 0.4) is 0 Å². The van der Waals surface area contributed by atoms with E-state index in [4.69, 9.17) is 14.6 Å². The Labute approximate surface area is 119 Å². The monoisotopic (exact) mass is 278 g/mol. The summed E-state index contributed by atoms with van der Waals surface area (Å²) >= 11 is 0. The van der Waals surface area contributed by atoms with Crippen LogP contribution in [-0.2, 0) is 10.2 Å². The van der Waals surface area contributed by atoms with Crippen molar-refractivity contribution in [2.24, 2.45) is 0 Å². The van der Waals surface area contributed by atoms with Gasteiger partial charge in [0.2, 0.25) is 0 Å². The molecule has 0 aliphatic carbocycles. The van der Waals surface area contributed by atoms with E-state index in [1.165, 1.54) is 0 Å². The van der Waals surface area contributed by atoms with Crippen molar-refractivity contribution in [3.63, 3.8) is 0 Å².